The van der Waals surface area contributed by atoms with Crippen LogP contribution in [-0.4, -0.2) is 47.0 Å². The van der Waals surface area contributed by atoms with Gasteiger partial charge in [-0.3, -0.25) is 0 Å². The first-order chi connectivity index (χ1) is 6.97. The molecule has 0 aromatic rings. The minimum Gasteiger partial charge on any atom is -0.388 e. The predicted molar refractivity (Wildman–Crippen MR) is 55.2 cm³/mol. The summed E-state index contributed by atoms with van der Waals surface area (Å²) in [5, 5.41) is 19.3. The van der Waals surface area contributed by atoms with E-state index in [1.54, 1.807) is 0 Å². The predicted octanol–water partition coefficient (Wildman–Crippen LogP) is -0.405. The van der Waals surface area contributed by atoms with Crippen molar-refractivity contribution in [2.45, 2.75) is 63.9 Å². The zero-order valence-electron chi connectivity index (χ0n) is 9.46. The van der Waals surface area contributed by atoms with Crippen molar-refractivity contribution in [1.29, 1.82) is 0 Å². The third-order valence-electron chi connectivity index (χ3n) is 2.56. The molecule has 5 heteroatoms. The standard InChI is InChI=1S/C10H21NO4/c1-4-6-8(12)9(13)7(11)10(15-6)14-5(2)3/h5-10,12-13H,4,11H2,1-3H3/t6-,7?,8+,9?,10-/m0/s1. The maximum atomic E-state index is 9.70. The molecular weight excluding hydrogens is 198 g/mol. The lowest BCUT2D eigenvalue weighted by atomic mass is 9.96. The molecular formula is C10H21NO4. The lowest BCUT2D eigenvalue weighted by molar-refractivity contribution is -0.269. The van der Waals surface area contributed by atoms with E-state index in [4.69, 9.17) is 15.2 Å². The minimum absolute atomic E-state index is 0.0269. The van der Waals surface area contributed by atoms with Crippen LogP contribution in [0.25, 0.3) is 0 Å². The zero-order chi connectivity index (χ0) is 11.6. The molecule has 0 bridgehead atoms. The fourth-order valence-corrected chi connectivity index (χ4v) is 1.68. The summed E-state index contributed by atoms with van der Waals surface area (Å²) < 4.78 is 10.9. The van der Waals surface area contributed by atoms with Crippen LogP contribution in [-0.2, 0) is 9.47 Å². The van der Waals surface area contributed by atoms with Crippen molar-refractivity contribution in [2.75, 3.05) is 0 Å². The molecule has 0 aromatic carbocycles. The van der Waals surface area contributed by atoms with Gasteiger partial charge in [-0.2, -0.15) is 0 Å². The van der Waals surface area contributed by atoms with Gasteiger partial charge >= 0.3 is 0 Å². The van der Waals surface area contributed by atoms with Gasteiger partial charge in [-0.05, 0) is 20.3 Å². The van der Waals surface area contributed by atoms with E-state index >= 15 is 0 Å². The Morgan fingerprint density at radius 3 is 2.40 bits per heavy atom. The highest BCUT2D eigenvalue weighted by Crippen LogP contribution is 2.23. The van der Waals surface area contributed by atoms with Crippen LogP contribution < -0.4 is 5.73 Å². The van der Waals surface area contributed by atoms with Crippen LogP contribution in [0.4, 0.5) is 0 Å². The van der Waals surface area contributed by atoms with Crippen LogP contribution in [0, 0.1) is 0 Å². The van der Waals surface area contributed by atoms with E-state index in [0.29, 0.717) is 6.42 Å². The Morgan fingerprint density at radius 2 is 1.93 bits per heavy atom. The molecule has 0 amide bonds. The Kier molecular flexibility index (Phi) is 4.48. The van der Waals surface area contributed by atoms with E-state index in [1.807, 2.05) is 20.8 Å². The first-order valence-corrected chi connectivity index (χ1v) is 5.40. The van der Waals surface area contributed by atoms with Crippen LogP contribution in [0.2, 0.25) is 0 Å². The van der Waals surface area contributed by atoms with Gasteiger partial charge in [0.25, 0.3) is 0 Å². The third-order valence-corrected chi connectivity index (χ3v) is 2.56. The molecule has 0 spiro atoms. The van der Waals surface area contributed by atoms with E-state index in [0.717, 1.165) is 0 Å². The largest absolute Gasteiger partial charge is 0.388 e. The second-order valence-electron chi connectivity index (χ2n) is 4.19. The quantitative estimate of drug-likeness (QED) is 0.601. The van der Waals surface area contributed by atoms with E-state index in [-0.39, 0.29) is 6.10 Å². The van der Waals surface area contributed by atoms with Crippen molar-refractivity contribution in [1.82, 2.24) is 0 Å². The van der Waals surface area contributed by atoms with E-state index < -0.39 is 30.6 Å². The number of rotatable bonds is 3. The normalized spacial score (nSPS) is 42.2. The molecule has 1 fully saturated rings. The summed E-state index contributed by atoms with van der Waals surface area (Å²) in [5.74, 6) is 0. The minimum atomic E-state index is -0.993. The maximum Gasteiger partial charge on any atom is 0.175 e. The first kappa shape index (κ1) is 12.9. The number of ether oxygens (including phenoxy) is 2. The molecule has 1 aliphatic heterocycles. The van der Waals surface area contributed by atoms with Crippen molar-refractivity contribution in [2.24, 2.45) is 5.73 Å². The van der Waals surface area contributed by atoms with Crippen molar-refractivity contribution in [3.05, 3.63) is 0 Å². The summed E-state index contributed by atoms with van der Waals surface area (Å²) in [5.41, 5.74) is 5.72. The maximum absolute atomic E-state index is 9.70. The molecule has 4 N–H and O–H groups in total. The van der Waals surface area contributed by atoms with Gasteiger partial charge in [-0.1, -0.05) is 6.92 Å². The SMILES string of the molecule is CC[C@@H]1O[C@H](OC(C)C)C(N)C(O)[C@@H]1O. The molecule has 0 aromatic heterocycles. The Labute approximate surface area is 90.2 Å². The van der Waals surface area contributed by atoms with Gasteiger partial charge in [-0.25, -0.2) is 0 Å². The first-order valence-electron chi connectivity index (χ1n) is 5.40. The number of nitrogens with two attached hydrogens (primary N) is 1. The van der Waals surface area contributed by atoms with E-state index in [2.05, 4.69) is 0 Å². The van der Waals surface area contributed by atoms with Crippen LogP contribution in [0.3, 0.4) is 0 Å². The molecule has 2 unspecified atom stereocenters. The summed E-state index contributed by atoms with van der Waals surface area (Å²) in [4.78, 5) is 0. The van der Waals surface area contributed by atoms with Gasteiger partial charge in [-0.15, -0.1) is 0 Å². The Bertz CT molecular complexity index is 198. The molecule has 1 saturated heterocycles. The van der Waals surface area contributed by atoms with Crippen molar-refractivity contribution >= 4 is 0 Å². The number of hydrogen-bond acceptors (Lipinski definition) is 5. The number of hydrogen-bond donors (Lipinski definition) is 3. The van der Waals surface area contributed by atoms with Crippen LogP contribution in [0.1, 0.15) is 27.2 Å². The van der Waals surface area contributed by atoms with Gasteiger partial charge < -0.3 is 25.4 Å². The molecule has 1 aliphatic rings. The fraction of sp³-hybridized carbons (Fsp3) is 1.00. The van der Waals surface area contributed by atoms with Crippen LogP contribution >= 0.6 is 0 Å². The smallest absolute Gasteiger partial charge is 0.175 e. The molecule has 5 atom stereocenters. The second-order valence-corrected chi connectivity index (χ2v) is 4.19. The average molecular weight is 219 g/mol. The molecule has 0 aliphatic carbocycles. The van der Waals surface area contributed by atoms with Gasteiger partial charge in [0.2, 0.25) is 0 Å². The highest BCUT2D eigenvalue weighted by Gasteiger charge is 2.42. The highest BCUT2D eigenvalue weighted by atomic mass is 16.7. The van der Waals surface area contributed by atoms with Crippen molar-refractivity contribution in [3.8, 4) is 0 Å². The summed E-state index contributed by atoms with van der Waals surface area (Å²) in [7, 11) is 0. The molecule has 0 saturated carbocycles. The second kappa shape index (κ2) is 5.23. The molecule has 1 heterocycles. The topological polar surface area (TPSA) is 84.9 Å². The van der Waals surface area contributed by atoms with Crippen molar-refractivity contribution in [3.63, 3.8) is 0 Å². The Morgan fingerprint density at radius 1 is 1.33 bits per heavy atom. The van der Waals surface area contributed by atoms with Gasteiger partial charge in [0.05, 0.1) is 18.2 Å². The van der Waals surface area contributed by atoms with Gasteiger partial charge in [0.15, 0.2) is 6.29 Å². The van der Waals surface area contributed by atoms with E-state index in [9.17, 15) is 10.2 Å². The lowest BCUT2D eigenvalue weighted by Crippen LogP contribution is -2.61. The molecule has 15 heavy (non-hydrogen) atoms. The van der Waals surface area contributed by atoms with Gasteiger partial charge in [0.1, 0.15) is 12.2 Å². The number of aliphatic hydroxyl groups excluding tert-OH is 2. The Balaban J connectivity index is 2.65. The van der Waals surface area contributed by atoms with Crippen LogP contribution in [0.5, 0.6) is 0 Å². The number of aliphatic hydroxyl groups is 2. The molecule has 90 valence electrons. The van der Waals surface area contributed by atoms with Gasteiger partial charge in [0, 0.05) is 0 Å². The summed E-state index contributed by atoms with van der Waals surface area (Å²) >= 11 is 0. The monoisotopic (exact) mass is 219 g/mol. The highest BCUT2D eigenvalue weighted by molar-refractivity contribution is 4.91. The van der Waals surface area contributed by atoms with Crippen molar-refractivity contribution < 1.29 is 19.7 Å². The fourth-order valence-electron chi connectivity index (χ4n) is 1.68. The summed E-state index contributed by atoms with van der Waals surface area (Å²) in [6.07, 6.45) is -2.40. The molecule has 0 radical (unpaired) electrons. The zero-order valence-corrected chi connectivity index (χ0v) is 9.46. The van der Waals surface area contributed by atoms with E-state index in [1.165, 1.54) is 0 Å². The lowest BCUT2D eigenvalue weighted by Gasteiger charge is -2.41. The van der Waals surface area contributed by atoms with Crippen LogP contribution in [0.15, 0.2) is 0 Å². The Hall–Kier alpha value is -0.200. The molecule has 5 nitrogen and oxygen atoms in total. The molecule has 1 rings (SSSR count). The third kappa shape index (κ3) is 2.89. The average Bonchev–Trinajstić information content (AvgIpc) is 2.18. The summed E-state index contributed by atoms with van der Waals surface area (Å²) in [6.45, 7) is 5.62. The summed E-state index contributed by atoms with van der Waals surface area (Å²) in [6, 6.07) is -0.704.